The zero-order chi connectivity index (χ0) is 26.2. The van der Waals surface area contributed by atoms with E-state index in [1.807, 2.05) is 16.7 Å². The lowest BCUT2D eigenvalue weighted by atomic mass is 10.2. The number of nitrogens with zero attached hydrogens (tertiary/aromatic N) is 5. The third-order valence-electron chi connectivity index (χ3n) is 4.71. The van der Waals surface area contributed by atoms with Gasteiger partial charge in [-0.1, -0.05) is 41.0 Å². The van der Waals surface area contributed by atoms with E-state index in [0.717, 1.165) is 18.0 Å². The summed E-state index contributed by atoms with van der Waals surface area (Å²) < 4.78 is 1.83. The standard InChI is InChI=1S/C22H21Cl2N7O4S/c1-3-8-30-19(12-25-17-6-4-15(23)5-7-17)27-29-22(30)36-13(2)21(33)28-26-11-14-9-16(24)10-18(20(14)32)31(34)35/h3-7,9-11,13,25,32H,1,8,12H2,2H3,(H,28,33)/b26-11+/t13-/m0/s1. The highest BCUT2D eigenvalue weighted by molar-refractivity contribution is 8.00. The van der Waals surface area contributed by atoms with Gasteiger partial charge in [-0.2, -0.15) is 5.10 Å². The fourth-order valence-electron chi connectivity index (χ4n) is 2.91. The summed E-state index contributed by atoms with van der Waals surface area (Å²) in [5.41, 5.74) is 2.62. The van der Waals surface area contributed by atoms with Crippen LogP contribution in [0, 0.1) is 10.1 Å². The summed E-state index contributed by atoms with van der Waals surface area (Å²) in [6.45, 7) is 6.26. The minimum Gasteiger partial charge on any atom is -0.502 e. The molecule has 3 N–H and O–H groups in total. The summed E-state index contributed by atoms with van der Waals surface area (Å²) >= 11 is 12.9. The van der Waals surface area contributed by atoms with Crippen molar-refractivity contribution in [1.29, 1.82) is 0 Å². The Morgan fingerprint density at radius 3 is 2.69 bits per heavy atom. The number of hydrogen-bond acceptors (Lipinski definition) is 9. The van der Waals surface area contributed by atoms with Gasteiger partial charge < -0.3 is 15.0 Å². The van der Waals surface area contributed by atoms with Gasteiger partial charge in [0.1, 0.15) is 0 Å². The molecule has 3 rings (SSSR count). The minimum atomic E-state index is -0.769. The number of benzene rings is 2. The van der Waals surface area contributed by atoms with Gasteiger partial charge in [-0.3, -0.25) is 14.9 Å². The number of nitro benzene ring substituents is 1. The van der Waals surface area contributed by atoms with Crippen molar-refractivity contribution in [3.63, 3.8) is 0 Å². The van der Waals surface area contributed by atoms with E-state index in [4.69, 9.17) is 23.2 Å². The second kappa shape index (κ2) is 12.4. The molecule has 3 aromatic rings. The molecule has 0 fully saturated rings. The average Bonchev–Trinajstić information content (AvgIpc) is 3.21. The molecule has 1 atom stereocenters. The van der Waals surface area contributed by atoms with Crippen molar-refractivity contribution < 1.29 is 14.8 Å². The maximum atomic E-state index is 12.5. The summed E-state index contributed by atoms with van der Waals surface area (Å²) in [4.78, 5) is 22.8. The van der Waals surface area contributed by atoms with Crippen LogP contribution in [0.25, 0.3) is 0 Å². The summed E-state index contributed by atoms with van der Waals surface area (Å²) in [5, 5.41) is 37.0. The number of rotatable bonds is 11. The summed E-state index contributed by atoms with van der Waals surface area (Å²) in [5.74, 6) is -0.417. The number of anilines is 1. The van der Waals surface area contributed by atoms with Crippen LogP contribution in [0.4, 0.5) is 11.4 Å². The number of phenolic OH excluding ortho intramolecular Hbond substituents is 1. The van der Waals surface area contributed by atoms with E-state index in [2.05, 4.69) is 32.6 Å². The largest absolute Gasteiger partial charge is 0.502 e. The number of allylic oxidation sites excluding steroid dienone is 1. The molecule has 0 radical (unpaired) electrons. The molecule has 36 heavy (non-hydrogen) atoms. The Kier molecular flexibility index (Phi) is 9.28. The molecule has 0 aliphatic carbocycles. The molecule has 0 aliphatic heterocycles. The molecular weight excluding hydrogens is 529 g/mol. The first-order valence-electron chi connectivity index (χ1n) is 10.4. The molecule has 0 aliphatic rings. The van der Waals surface area contributed by atoms with Gasteiger partial charge in [-0.25, -0.2) is 5.43 Å². The molecule has 14 heteroatoms. The van der Waals surface area contributed by atoms with Crippen molar-refractivity contribution in [2.45, 2.75) is 30.4 Å². The zero-order valence-electron chi connectivity index (χ0n) is 18.9. The second-order valence-corrected chi connectivity index (χ2v) is 9.45. The number of carbonyl (C=O) groups excluding carboxylic acids is 1. The van der Waals surface area contributed by atoms with Gasteiger partial charge >= 0.3 is 5.69 Å². The molecule has 0 spiro atoms. The summed E-state index contributed by atoms with van der Waals surface area (Å²) in [7, 11) is 0. The quantitative estimate of drug-likeness (QED) is 0.103. The van der Waals surface area contributed by atoms with E-state index in [0.29, 0.717) is 29.1 Å². The molecule has 0 unspecified atom stereocenters. The zero-order valence-corrected chi connectivity index (χ0v) is 21.2. The monoisotopic (exact) mass is 549 g/mol. The predicted molar refractivity (Wildman–Crippen MR) is 140 cm³/mol. The maximum absolute atomic E-state index is 12.5. The molecule has 0 saturated carbocycles. The smallest absolute Gasteiger partial charge is 0.312 e. The molecule has 11 nitrogen and oxygen atoms in total. The third-order valence-corrected chi connectivity index (χ3v) is 6.26. The van der Waals surface area contributed by atoms with Gasteiger partial charge in [0.05, 0.1) is 22.9 Å². The number of phenols is 1. The number of hydrogen-bond donors (Lipinski definition) is 3. The highest BCUT2D eigenvalue weighted by atomic mass is 35.5. The number of thioether (sulfide) groups is 1. The van der Waals surface area contributed by atoms with Crippen LogP contribution in [-0.4, -0.2) is 42.2 Å². The molecule has 1 amide bonds. The summed E-state index contributed by atoms with van der Waals surface area (Å²) in [6.07, 6.45) is 2.77. The number of aromatic hydroxyl groups is 1. The molecule has 2 aromatic carbocycles. The lowest BCUT2D eigenvalue weighted by Crippen LogP contribution is -2.27. The van der Waals surface area contributed by atoms with Gasteiger partial charge in [0.15, 0.2) is 11.0 Å². The van der Waals surface area contributed by atoms with E-state index in [1.54, 1.807) is 25.1 Å². The van der Waals surface area contributed by atoms with Crippen LogP contribution in [0.15, 0.2) is 59.3 Å². The van der Waals surface area contributed by atoms with Gasteiger partial charge in [-0.15, -0.1) is 16.8 Å². The van der Waals surface area contributed by atoms with E-state index in [-0.39, 0.29) is 10.6 Å². The molecule has 188 valence electrons. The normalized spacial score (nSPS) is 11.9. The highest BCUT2D eigenvalue weighted by Crippen LogP contribution is 2.32. The Hall–Kier alpha value is -3.61. The average molecular weight is 550 g/mol. The van der Waals surface area contributed by atoms with Gasteiger partial charge in [0, 0.05) is 33.9 Å². The van der Waals surface area contributed by atoms with Crippen LogP contribution in [0.5, 0.6) is 5.75 Å². The first-order valence-corrected chi connectivity index (χ1v) is 12.0. The number of nitro groups is 1. The Labute approximate surface area is 220 Å². The summed E-state index contributed by atoms with van der Waals surface area (Å²) in [6, 6.07) is 9.55. The van der Waals surface area contributed by atoms with Crippen LogP contribution in [0.2, 0.25) is 10.0 Å². The van der Waals surface area contributed by atoms with Crippen LogP contribution < -0.4 is 10.7 Å². The van der Waals surface area contributed by atoms with Crippen molar-refractivity contribution in [3.8, 4) is 5.75 Å². The number of nitrogens with one attached hydrogen (secondary N) is 2. The molecule has 0 bridgehead atoms. The van der Waals surface area contributed by atoms with Crippen molar-refractivity contribution in [1.82, 2.24) is 20.2 Å². The van der Waals surface area contributed by atoms with Crippen LogP contribution >= 0.6 is 35.0 Å². The first-order chi connectivity index (χ1) is 17.2. The van der Waals surface area contributed by atoms with Crippen molar-refractivity contribution in [2.24, 2.45) is 5.10 Å². The predicted octanol–water partition coefficient (Wildman–Crippen LogP) is 4.63. The molecule has 0 saturated heterocycles. The fourth-order valence-corrected chi connectivity index (χ4v) is 4.13. The molecule has 1 heterocycles. The van der Waals surface area contributed by atoms with Crippen molar-refractivity contribution in [2.75, 3.05) is 5.32 Å². The Balaban J connectivity index is 1.64. The number of halogens is 2. The number of aromatic nitrogens is 3. The third kappa shape index (κ3) is 6.97. The van der Waals surface area contributed by atoms with E-state index >= 15 is 0 Å². The Morgan fingerprint density at radius 2 is 2.03 bits per heavy atom. The SMILES string of the molecule is C=CCn1c(CNc2ccc(Cl)cc2)nnc1S[C@@H](C)C(=O)N/N=C/c1cc(Cl)cc([N+](=O)[O-])c1O. The van der Waals surface area contributed by atoms with Crippen LogP contribution in [0.1, 0.15) is 18.3 Å². The lowest BCUT2D eigenvalue weighted by Gasteiger charge is -2.12. The van der Waals surface area contributed by atoms with Crippen LogP contribution in [0.3, 0.4) is 0 Å². The number of carbonyl (C=O) groups is 1. The maximum Gasteiger partial charge on any atom is 0.312 e. The molecular formula is C22H21Cl2N7O4S. The topological polar surface area (TPSA) is 148 Å². The van der Waals surface area contributed by atoms with E-state index in [1.165, 1.54) is 17.8 Å². The second-order valence-electron chi connectivity index (χ2n) is 7.27. The van der Waals surface area contributed by atoms with Crippen molar-refractivity contribution >= 4 is 58.5 Å². The van der Waals surface area contributed by atoms with Gasteiger partial charge in [-0.05, 0) is 37.3 Å². The highest BCUT2D eigenvalue weighted by Gasteiger charge is 2.20. The molecule has 1 aromatic heterocycles. The van der Waals surface area contributed by atoms with Crippen molar-refractivity contribution in [3.05, 3.63) is 80.6 Å². The lowest BCUT2D eigenvalue weighted by molar-refractivity contribution is -0.385. The van der Waals surface area contributed by atoms with E-state index < -0.39 is 27.5 Å². The fraction of sp³-hybridized carbons (Fsp3) is 0.182. The van der Waals surface area contributed by atoms with Gasteiger partial charge in [0.2, 0.25) is 5.75 Å². The first kappa shape index (κ1) is 27.0. The van der Waals surface area contributed by atoms with Gasteiger partial charge in [0.25, 0.3) is 5.91 Å². The number of hydrazone groups is 1. The van der Waals surface area contributed by atoms with Crippen LogP contribution in [-0.2, 0) is 17.9 Å². The Bertz CT molecular complexity index is 1300. The minimum absolute atomic E-state index is 0.0154. The Morgan fingerprint density at radius 1 is 1.31 bits per heavy atom. The van der Waals surface area contributed by atoms with E-state index in [9.17, 15) is 20.0 Å². The number of amides is 1.